The van der Waals surface area contributed by atoms with Gasteiger partial charge in [-0.05, 0) is 6.42 Å². The van der Waals surface area contributed by atoms with Crippen molar-refractivity contribution in [1.82, 2.24) is 14.8 Å². The molecule has 1 atom stereocenters. The predicted octanol–water partition coefficient (Wildman–Crippen LogP) is 1.38. The fourth-order valence-corrected chi connectivity index (χ4v) is 2.08. The smallest absolute Gasteiger partial charge is 0.270 e. The third kappa shape index (κ3) is 3.13. The summed E-state index contributed by atoms with van der Waals surface area (Å²) >= 11 is 1.45. The monoisotopic (exact) mass is 226 g/mol. The fraction of sp³-hybridized carbons (Fsp3) is 0.667. The van der Waals surface area contributed by atoms with E-state index in [0.717, 1.165) is 6.42 Å². The van der Waals surface area contributed by atoms with E-state index >= 15 is 0 Å². The second kappa shape index (κ2) is 5.61. The Kier molecular flexibility index (Phi) is 4.43. The molecule has 1 N–H and O–H groups in total. The highest BCUT2D eigenvalue weighted by atomic mass is 32.2. The van der Waals surface area contributed by atoms with E-state index in [1.807, 2.05) is 13.8 Å². The second-order valence-electron chi connectivity index (χ2n) is 3.25. The Morgan fingerprint density at radius 2 is 2.47 bits per heavy atom. The first-order valence-corrected chi connectivity index (χ1v) is 5.75. The van der Waals surface area contributed by atoms with Crippen molar-refractivity contribution in [3.05, 3.63) is 10.5 Å². The molecule has 0 radical (unpaired) electrons. The Morgan fingerprint density at radius 3 is 3.07 bits per heavy atom. The maximum absolute atomic E-state index is 11.3. The van der Waals surface area contributed by atoms with Crippen LogP contribution in [0.4, 0.5) is 0 Å². The van der Waals surface area contributed by atoms with Gasteiger partial charge >= 0.3 is 5.69 Å². The van der Waals surface area contributed by atoms with Gasteiger partial charge in [-0.3, -0.25) is 4.57 Å². The molecule has 0 bridgehead atoms. The van der Waals surface area contributed by atoms with E-state index in [9.17, 15) is 4.79 Å². The number of aromatic amines is 1. The number of nitrogens with one attached hydrogen (secondary N) is 1. The van der Waals surface area contributed by atoms with Crippen molar-refractivity contribution in [3.8, 4) is 6.07 Å². The lowest BCUT2D eigenvalue weighted by Gasteiger charge is -2.06. The minimum absolute atomic E-state index is 0.154. The number of nitrogens with zero attached hydrogens (tertiary/aromatic N) is 3. The predicted molar refractivity (Wildman–Crippen MR) is 58.7 cm³/mol. The number of nitriles is 1. The van der Waals surface area contributed by atoms with Crippen molar-refractivity contribution in [3.63, 3.8) is 0 Å². The van der Waals surface area contributed by atoms with E-state index in [1.54, 1.807) is 4.57 Å². The Morgan fingerprint density at radius 1 is 1.73 bits per heavy atom. The summed E-state index contributed by atoms with van der Waals surface area (Å²) < 4.78 is 1.61. The number of hydrogen-bond acceptors (Lipinski definition) is 4. The quantitative estimate of drug-likeness (QED) is 0.769. The van der Waals surface area contributed by atoms with E-state index in [4.69, 9.17) is 5.26 Å². The van der Waals surface area contributed by atoms with Gasteiger partial charge in [-0.2, -0.15) is 5.26 Å². The maximum atomic E-state index is 11.3. The number of hydrogen-bond donors (Lipinski definition) is 1. The summed E-state index contributed by atoms with van der Waals surface area (Å²) in [6, 6.07) is 2.10. The second-order valence-corrected chi connectivity index (χ2v) is 4.66. The molecule has 0 saturated heterocycles. The molecule has 1 unspecified atom stereocenters. The van der Waals surface area contributed by atoms with Gasteiger partial charge in [0.1, 0.15) is 0 Å². The number of aromatic nitrogens is 3. The van der Waals surface area contributed by atoms with Crippen molar-refractivity contribution >= 4 is 11.8 Å². The zero-order valence-electron chi connectivity index (χ0n) is 8.86. The SMILES string of the molecule is CCCn1c(SC(C)CC#N)n[nH]c1=O. The van der Waals surface area contributed by atoms with E-state index in [2.05, 4.69) is 16.3 Å². The topological polar surface area (TPSA) is 74.5 Å². The normalized spacial score (nSPS) is 12.3. The van der Waals surface area contributed by atoms with Crippen molar-refractivity contribution in [2.75, 3.05) is 0 Å². The van der Waals surface area contributed by atoms with Crippen molar-refractivity contribution < 1.29 is 0 Å². The van der Waals surface area contributed by atoms with E-state index in [1.165, 1.54) is 11.8 Å². The molecule has 0 aliphatic heterocycles. The summed E-state index contributed by atoms with van der Waals surface area (Å²) in [7, 11) is 0. The molecule has 82 valence electrons. The fourth-order valence-electron chi connectivity index (χ4n) is 1.16. The van der Waals surface area contributed by atoms with Crippen LogP contribution in [-0.2, 0) is 6.54 Å². The first-order chi connectivity index (χ1) is 7.19. The molecule has 0 saturated carbocycles. The van der Waals surface area contributed by atoms with Gasteiger partial charge in [-0.15, -0.1) is 5.10 Å². The van der Waals surface area contributed by atoms with Gasteiger partial charge in [0.15, 0.2) is 5.16 Å². The lowest BCUT2D eigenvalue weighted by Crippen LogP contribution is -2.17. The molecule has 0 aliphatic carbocycles. The van der Waals surface area contributed by atoms with Gasteiger partial charge in [0.2, 0.25) is 0 Å². The average Bonchev–Trinajstić information content (AvgIpc) is 2.51. The van der Waals surface area contributed by atoms with Crippen LogP contribution in [0.2, 0.25) is 0 Å². The van der Waals surface area contributed by atoms with Gasteiger partial charge in [-0.1, -0.05) is 25.6 Å². The van der Waals surface area contributed by atoms with Crippen molar-refractivity contribution in [2.45, 2.75) is 43.6 Å². The molecule has 0 aliphatic rings. The Hall–Kier alpha value is -1.22. The van der Waals surface area contributed by atoms with Crippen LogP contribution in [0, 0.1) is 11.3 Å². The Balaban J connectivity index is 2.77. The molecule has 0 amide bonds. The van der Waals surface area contributed by atoms with Crippen LogP contribution in [0.25, 0.3) is 0 Å². The third-order valence-electron chi connectivity index (χ3n) is 1.86. The van der Waals surface area contributed by atoms with Gasteiger partial charge in [0.05, 0.1) is 6.07 Å². The molecule has 1 aromatic rings. The van der Waals surface area contributed by atoms with Gasteiger partial charge in [0, 0.05) is 18.2 Å². The van der Waals surface area contributed by atoms with Crippen LogP contribution in [0.15, 0.2) is 9.95 Å². The van der Waals surface area contributed by atoms with Crippen LogP contribution in [0.3, 0.4) is 0 Å². The Bertz CT molecular complexity index is 403. The summed E-state index contributed by atoms with van der Waals surface area (Å²) in [5.41, 5.74) is -0.177. The molecular weight excluding hydrogens is 212 g/mol. The molecule has 1 aromatic heterocycles. The summed E-state index contributed by atoms with van der Waals surface area (Å²) in [6.07, 6.45) is 1.34. The van der Waals surface area contributed by atoms with Crippen LogP contribution in [0.5, 0.6) is 0 Å². The highest BCUT2D eigenvalue weighted by Crippen LogP contribution is 2.21. The maximum Gasteiger partial charge on any atom is 0.343 e. The summed E-state index contributed by atoms with van der Waals surface area (Å²) in [4.78, 5) is 11.3. The summed E-state index contributed by atoms with van der Waals surface area (Å²) in [6.45, 7) is 4.62. The standard InChI is InChI=1S/C9H14N4OS/c1-3-6-13-8(14)11-12-9(13)15-7(2)4-5-10/h7H,3-4,6H2,1-2H3,(H,11,14). The summed E-state index contributed by atoms with van der Waals surface area (Å²) in [5, 5.41) is 15.7. The zero-order chi connectivity index (χ0) is 11.3. The number of thioether (sulfide) groups is 1. The average molecular weight is 226 g/mol. The minimum Gasteiger partial charge on any atom is -0.270 e. The van der Waals surface area contributed by atoms with Crippen molar-refractivity contribution in [2.24, 2.45) is 0 Å². The highest BCUT2D eigenvalue weighted by Gasteiger charge is 2.11. The molecule has 0 fully saturated rings. The first kappa shape index (κ1) is 11.9. The summed E-state index contributed by atoms with van der Waals surface area (Å²) in [5.74, 6) is 0. The van der Waals surface area contributed by atoms with E-state index in [0.29, 0.717) is 18.1 Å². The van der Waals surface area contributed by atoms with Gasteiger partial charge < -0.3 is 0 Å². The minimum atomic E-state index is -0.177. The molecule has 0 aromatic carbocycles. The molecule has 1 rings (SSSR count). The Labute approximate surface area is 92.5 Å². The van der Waals surface area contributed by atoms with Crippen LogP contribution >= 0.6 is 11.8 Å². The molecular formula is C9H14N4OS. The zero-order valence-corrected chi connectivity index (χ0v) is 9.67. The molecule has 1 heterocycles. The van der Waals surface area contributed by atoms with Gasteiger partial charge in [-0.25, -0.2) is 9.89 Å². The first-order valence-electron chi connectivity index (χ1n) is 4.87. The van der Waals surface area contributed by atoms with Crippen LogP contribution < -0.4 is 5.69 Å². The number of rotatable bonds is 5. The molecule has 6 heteroatoms. The largest absolute Gasteiger partial charge is 0.343 e. The lowest BCUT2D eigenvalue weighted by molar-refractivity contribution is 0.603. The van der Waals surface area contributed by atoms with Crippen LogP contribution in [0.1, 0.15) is 26.7 Å². The van der Waals surface area contributed by atoms with Crippen molar-refractivity contribution in [1.29, 1.82) is 5.26 Å². The van der Waals surface area contributed by atoms with E-state index < -0.39 is 0 Å². The molecule has 15 heavy (non-hydrogen) atoms. The van der Waals surface area contributed by atoms with E-state index in [-0.39, 0.29) is 10.9 Å². The third-order valence-corrected chi connectivity index (χ3v) is 2.95. The number of H-pyrrole nitrogens is 1. The van der Waals surface area contributed by atoms with Crippen LogP contribution in [-0.4, -0.2) is 20.0 Å². The van der Waals surface area contributed by atoms with Gasteiger partial charge in [0.25, 0.3) is 0 Å². The lowest BCUT2D eigenvalue weighted by atomic mass is 10.4. The molecule has 0 spiro atoms. The highest BCUT2D eigenvalue weighted by molar-refractivity contribution is 7.99. The molecule has 5 nitrogen and oxygen atoms in total.